The fourth-order valence-corrected chi connectivity index (χ4v) is 4.30. The summed E-state index contributed by atoms with van der Waals surface area (Å²) in [7, 11) is -4.11. The van der Waals surface area contributed by atoms with Gasteiger partial charge in [-0.3, -0.25) is 9.59 Å². The van der Waals surface area contributed by atoms with E-state index in [0.29, 0.717) is 11.3 Å². The van der Waals surface area contributed by atoms with Crippen LogP contribution in [0, 0.1) is 0 Å². The molecule has 0 aromatic carbocycles. The standard InChI is InChI=1S/C9H12N4O6S2/c1-5(14)10-8-11-12-9(20-8)21(17,18)13-2-3-19-4-6(13)7(15)16/h6H,2-4H2,1H3,(H,15,16)(H,10,11,14). The average molecular weight is 336 g/mol. The van der Waals surface area contributed by atoms with Crippen LogP contribution in [-0.4, -0.2) is 65.7 Å². The van der Waals surface area contributed by atoms with Crippen molar-refractivity contribution in [2.75, 3.05) is 25.1 Å². The Labute approximate surface area is 123 Å². The number of carboxylic acids is 1. The zero-order valence-corrected chi connectivity index (χ0v) is 12.5. The van der Waals surface area contributed by atoms with Crippen LogP contribution < -0.4 is 5.32 Å². The van der Waals surface area contributed by atoms with E-state index in [1.165, 1.54) is 6.92 Å². The maximum absolute atomic E-state index is 12.4. The van der Waals surface area contributed by atoms with Crippen molar-refractivity contribution in [3.05, 3.63) is 0 Å². The summed E-state index contributed by atoms with van der Waals surface area (Å²) in [5, 5.41) is 18.5. The van der Waals surface area contributed by atoms with Gasteiger partial charge in [0, 0.05) is 13.5 Å². The number of nitrogens with one attached hydrogen (secondary N) is 1. The number of carbonyl (C=O) groups excluding carboxylic acids is 1. The number of carboxylic acid groups (broad SMARTS) is 1. The predicted molar refractivity (Wildman–Crippen MR) is 70.3 cm³/mol. The molecule has 2 rings (SSSR count). The van der Waals surface area contributed by atoms with E-state index >= 15 is 0 Å². The van der Waals surface area contributed by atoms with E-state index in [2.05, 4.69) is 15.5 Å². The summed E-state index contributed by atoms with van der Waals surface area (Å²) in [6.07, 6.45) is 0. The molecule has 1 fully saturated rings. The van der Waals surface area contributed by atoms with Crippen molar-refractivity contribution in [3.63, 3.8) is 0 Å². The molecule has 0 aliphatic carbocycles. The number of hydrogen-bond acceptors (Lipinski definition) is 8. The third kappa shape index (κ3) is 3.34. The van der Waals surface area contributed by atoms with Crippen LogP contribution >= 0.6 is 11.3 Å². The number of amides is 1. The second kappa shape index (κ2) is 6.01. The van der Waals surface area contributed by atoms with E-state index in [1.54, 1.807) is 0 Å². The van der Waals surface area contributed by atoms with Crippen LogP contribution in [0.15, 0.2) is 4.34 Å². The Kier molecular flexibility index (Phi) is 4.51. The number of sulfonamides is 1. The van der Waals surface area contributed by atoms with Crippen molar-refractivity contribution in [1.82, 2.24) is 14.5 Å². The summed E-state index contributed by atoms with van der Waals surface area (Å²) < 4.78 is 30.2. The van der Waals surface area contributed by atoms with E-state index in [1.807, 2.05) is 0 Å². The molecular weight excluding hydrogens is 324 g/mol. The molecule has 1 aromatic heterocycles. The molecule has 0 radical (unpaired) electrons. The van der Waals surface area contributed by atoms with Crippen molar-refractivity contribution < 1.29 is 27.9 Å². The minimum atomic E-state index is -4.11. The van der Waals surface area contributed by atoms with Gasteiger partial charge in [0.2, 0.25) is 15.4 Å². The molecule has 10 nitrogen and oxygen atoms in total. The number of anilines is 1. The second-order valence-electron chi connectivity index (χ2n) is 4.10. The lowest BCUT2D eigenvalue weighted by Gasteiger charge is -2.30. The Bertz CT molecular complexity index is 657. The number of rotatable bonds is 4. The first-order valence-electron chi connectivity index (χ1n) is 5.76. The number of carbonyl (C=O) groups is 2. The zero-order chi connectivity index (χ0) is 15.6. The molecule has 1 unspecified atom stereocenters. The molecule has 12 heteroatoms. The molecule has 0 spiro atoms. The minimum absolute atomic E-state index is 0.0289. The molecule has 0 saturated carbocycles. The normalized spacial score (nSPS) is 20.1. The minimum Gasteiger partial charge on any atom is -0.480 e. The predicted octanol–water partition coefficient (Wildman–Crippen LogP) is -1.03. The highest BCUT2D eigenvalue weighted by atomic mass is 32.2. The van der Waals surface area contributed by atoms with Crippen molar-refractivity contribution in [2.24, 2.45) is 0 Å². The second-order valence-corrected chi connectivity index (χ2v) is 7.14. The van der Waals surface area contributed by atoms with Gasteiger partial charge in [0.1, 0.15) is 6.04 Å². The van der Waals surface area contributed by atoms with Crippen LogP contribution in [-0.2, 0) is 24.3 Å². The Morgan fingerprint density at radius 3 is 2.81 bits per heavy atom. The van der Waals surface area contributed by atoms with E-state index in [0.717, 1.165) is 4.31 Å². The molecule has 1 aliphatic rings. The fourth-order valence-electron chi connectivity index (χ4n) is 1.69. The van der Waals surface area contributed by atoms with Crippen molar-refractivity contribution in [2.45, 2.75) is 17.3 Å². The van der Waals surface area contributed by atoms with Crippen LogP contribution in [0.4, 0.5) is 5.13 Å². The highest BCUT2D eigenvalue weighted by Crippen LogP contribution is 2.25. The summed E-state index contributed by atoms with van der Waals surface area (Å²) in [5.41, 5.74) is 0. The zero-order valence-electron chi connectivity index (χ0n) is 10.8. The van der Waals surface area contributed by atoms with Crippen LogP contribution in [0.2, 0.25) is 0 Å². The van der Waals surface area contributed by atoms with Gasteiger partial charge in [0.25, 0.3) is 10.0 Å². The van der Waals surface area contributed by atoms with Crippen LogP contribution in [0.3, 0.4) is 0 Å². The van der Waals surface area contributed by atoms with Gasteiger partial charge in [-0.15, -0.1) is 10.2 Å². The van der Waals surface area contributed by atoms with Crippen LogP contribution in [0.1, 0.15) is 6.92 Å². The first-order chi connectivity index (χ1) is 9.82. The Morgan fingerprint density at radius 2 is 2.19 bits per heavy atom. The van der Waals surface area contributed by atoms with Gasteiger partial charge >= 0.3 is 5.97 Å². The third-order valence-electron chi connectivity index (χ3n) is 2.58. The summed E-state index contributed by atoms with van der Waals surface area (Å²) in [4.78, 5) is 22.0. The molecular formula is C9H12N4O6S2. The molecule has 1 saturated heterocycles. The molecule has 1 aromatic rings. The van der Waals surface area contributed by atoms with Crippen molar-refractivity contribution in [1.29, 1.82) is 0 Å². The SMILES string of the molecule is CC(=O)Nc1nnc(S(=O)(=O)N2CCOCC2C(=O)O)s1. The number of morpholine rings is 1. The third-order valence-corrected chi connectivity index (χ3v) is 5.68. The molecule has 21 heavy (non-hydrogen) atoms. The van der Waals surface area contributed by atoms with Gasteiger partial charge in [0.05, 0.1) is 13.2 Å². The number of aromatic nitrogens is 2. The Balaban J connectivity index is 2.29. The van der Waals surface area contributed by atoms with Gasteiger partial charge in [-0.1, -0.05) is 11.3 Å². The van der Waals surface area contributed by atoms with Gasteiger partial charge < -0.3 is 15.2 Å². The van der Waals surface area contributed by atoms with Crippen molar-refractivity contribution >= 4 is 38.4 Å². The highest BCUT2D eigenvalue weighted by molar-refractivity contribution is 7.91. The molecule has 2 N–H and O–H groups in total. The lowest BCUT2D eigenvalue weighted by Crippen LogP contribution is -2.52. The molecule has 0 bridgehead atoms. The Morgan fingerprint density at radius 1 is 1.48 bits per heavy atom. The largest absolute Gasteiger partial charge is 0.480 e. The van der Waals surface area contributed by atoms with Gasteiger partial charge in [-0.05, 0) is 0 Å². The van der Waals surface area contributed by atoms with Crippen LogP contribution in [0.25, 0.3) is 0 Å². The average Bonchev–Trinajstić information content (AvgIpc) is 2.87. The molecule has 2 heterocycles. The molecule has 1 amide bonds. The maximum atomic E-state index is 12.4. The lowest BCUT2D eigenvalue weighted by atomic mass is 10.3. The van der Waals surface area contributed by atoms with Gasteiger partial charge in [-0.25, -0.2) is 8.42 Å². The number of nitrogens with zero attached hydrogens (tertiary/aromatic N) is 3. The van der Waals surface area contributed by atoms with Crippen LogP contribution in [0.5, 0.6) is 0 Å². The first-order valence-corrected chi connectivity index (χ1v) is 8.01. The van der Waals surface area contributed by atoms with Gasteiger partial charge in [-0.2, -0.15) is 4.31 Å². The molecule has 1 atom stereocenters. The first kappa shape index (κ1) is 15.8. The molecule has 116 valence electrons. The fraction of sp³-hybridized carbons (Fsp3) is 0.556. The van der Waals surface area contributed by atoms with E-state index in [9.17, 15) is 18.0 Å². The summed E-state index contributed by atoms with van der Waals surface area (Å²) in [6.45, 7) is 1.03. The monoisotopic (exact) mass is 336 g/mol. The van der Waals surface area contributed by atoms with Gasteiger partial charge in [0.15, 0.2) is 0 Å². The molecule has 1 aliphatic heterocycles. The number of ether oxygens (including phenoxy) is 1. The number of hydrogen-bond donors (Lipinski definition) is 2. The maximum Gasteiger partial charge on any atom is 0.324 e. The highest BCUT2D eigenvalue weighted by Gasteiger charge is 2.40. The van der Waals surface area contributed by atoms with E-state index in [-0.39, 0.29) is 29.2 Å². The lowest BCUT2D eigenvalue weighted by molar-refractivity contribution is -0.146. The summed E-state index contributed by atoms with van der Waals surface area (Å²) in [6, 6.07) is -1.31. The van der Waals surface area contributed by atoms with E-state index < -0.39 is 27.9 Å². The smallest absolute Gasteiger partial charge is 0.324 e. The quantitative estimate of drug-likeness (QED) is 0.665. The van der Waals surface area contributed by atoms with Crippen molar-refractivity contribution in [3.8, 4) is 0 Å². The number of aliphatic carboxylic acids is 1. The van der Waals surface area contributed by atoms with E-state index in [4.69, 9.17) is 9.84 Å². The topological polar surface area (TPSA) is 139 Å². The summed E-state index contributed by atoms with van der Waals surface area (Å²) >= 11 is 0.658. The summed E-state index contributed by atoms with van der Waals surface area (Å²) in [5.74, 6) is -1.71. The Hall–Kier alpha value is -1.63.